The number of hydrogen-bond acceptors (Lipinski definition) is 1. The van der Waals surface area contributed by atoms with Crippen LogP contribution in [0.5, 0.6) is 0 Å². The van der Waals surface area contributed by atoms with Crippen molar-refractivity contribution in [2.75, 3.05) is 32.7 Å². The third kappa shape index (κ3) is 3.88. The Kier molecular flexibility index (Phi) is 5.04. The van der Waals surface area contributed by atoms with E-state index in [1.807, 2.05) is 0 Å². The van der Waals surface area contributed by atoms with Gasteiger partial charge in [-0.1, -0.05) is 25.5 Å². The number of piperazine rings is 1. The van der Waals surface area contributed by atoms with E-state index in [1.165, 1.54) is 12.8 Å². The molecule has 2 heteroatoms. The van der Waals surface area contributed by atoms with Gasteiger partial charge >= 0.3 is 0 Å². The van der Waals surface area contributed by atoms with E-state index in [0.29, 0.717) is 0 Å². The Bertz CT molecular complexity index is 126. The van der Waals surface area contributed by atoms with Crippen molar-refractivity contribution < 1.29 is 0 Å². The maximum Gasteiger partial charge on any atom is 0.0261 e. The number of allylic oxidation sites excluding steroid dienone is 1. The van der Waals surface area contributed by atoms with Crippen molar-refractivity contribution in [3.63, 3.8) is 0 Å². The van der Waals surface area contributed by atoms with Gasteiger partial charge in [-0.25, -0.2) is 5.32 Å². The molecule has 12 heavy (non-hydrogen) atoms. The van der Waals surface area contributed by atoms with Crippen LogP contribution in [0, 0.1) is 0 Å². The predicted molar refractivity (Wildman–Crippen MR) is 52.4 cm³/mol. The summed E-state index contributed by atoms with van der Waals surface area (Å²) < 4.78 is 0. The van der Waals surface area contributed by atoms with Gasteiger partial charge in [-0.15, -0.1) is 0 Å². The van der Waals surface area contributed by atoms with Gasteiger partial charge in [0.15, 0.2) is 0 Å². The lowest BCUT2D eigenvalue weighted by Crippen LogP contribution is -2.40. The lowest BCUT2D eigenvalue weighted by Gasteiger charge is -2.24. The number of nitrogens with zero attached hydrogens (tertiary/aromatic N) is 2. The minimum atomic E-state index is 1.03. The monoisotopic (exact) mass is 167 g/mol. The summed E-state index contributed by atoms with van der Waals surface area (Å²) in [5.41, 5.74) is 0. The third-order valence-electron chi connectivity index (χ3n) is 2.13. The highest BCUT2D eigenvalue weighted by Crippen LogP contribution is 1.94. The van der Waals surface area contributed by atoms with E-state index in [-0.39, 0.29) is 0 Å². The molecule has 0 spiro atoms. The predicted octanol–water partition coefficient (Wildman–Crippen LogP) is 1.26. The summed E-state index contributed by atoms with van der Waals surface area (Å²) in [5.74, 6) is 0. The Balaban J connectivity index is 2.04. The first-order chi connectivity index (χ1) is 5.93. The first kappa shape index (κ1) is 9.75. The summed E-state index contributed by atoms with van der Waals surface area (Å²) in [5, 5.41) is 4.31. The fraction of sp³-hybridized carbons (Fsp3) is 0.800. The summed E-state index contributed by atoms with van der Waals surface area (Å²) >= 11 is 0. The van der Waals surface area contributed by atoms with E-state index in [1.54, 1.807) is 0 Å². The van der Waals surface area contributed by atoms with E-state index in [9.17, 15) is 0 Å². The minimum absolute atomic E-state index is 1.03. The standard InChI is InChI=1S/C10H19N2/c1-2-3-4-5-8-12-9-6-11-7-10-12/h4-5H,2-3,6-10H2,1H3. The molecule has 1 heterocycles. The van der Waals surface area contributed by atoms with Gasteiger partial charge in [-0.3, -0.25) is 4.90 Å². The fourth-order valence-electron chi connectivity index (χ4n) is 1.34. The van der Waals surface area contributed by atoms with Crippen molar-refractivity contribution in [1.82, 2.24) is 10.2 Å². The average molecular weight is 167 g/mol. The Hall–Kier alpha value is -0.340. The normalized spacial score (nSPS) is 20.4. The average Bonchev–Trinajstić information content (AvgIpc) is 2.14. The van der Waals surface area contributed by atoms with Crippen molar-refractivity contribution in [2.24, 2.45) is 0 Å². The highest BCUT2D eigenvalue weighted by Gasteiger charge is 2.07. The van der Waals surface area contributed by atoms with Crippen molar-refractivity contribution in [3.8, 4) is 0 Å². The van der Waals surface area contributed by atoms with Crippen LogP contribution >= 0.6 is 0 Å². The zero-order valence-electron chi connectivity index (χ0n) is 8.00. The highest BCUT2D eigenvalue weighted by atomic mass is 15.2. The highest BCUT2D eigenvalue weighted by molar-refractivity contribution is 4.85. The summed E-state index contributed by atoms with van der Waals surface area (Å²) in [4.78, 5) is 2.46. The minimum Gasteiger partial charge on any atom is -0.297 e. The van der Waals surface area contributed by atoms with Crippen LogP contribution in [-0.4, -0.2) is 37.6 Å². The van der Waals surface area contributed by atoms with Crippen LogP contribution in [-0.2, 0) is 0 Å². The zero-order chi connectivity index (χ0) is 8.65. The van der Waals surface area contributed by atoms with Gasteiger partial charge < -0.3 is 0 Å². The molecule has 0 saturated carbocycles. The Morgan fingerprint density at radius 3 is 2.67 bits per heavy atom. The van der Waals surface area contributed by atoms with Crippen LogP contribution in [0.25, 0.3) is 0 Å². The molecule has 1 aliphatic heterocycles. The number of hydrogen-bond donors (Lipinski definition) is 0. The van der Waals surface area contributed by atoms with Crippen LogP contribution in [0.4, 0.5) is 0 Å². The van der Waals surface area contributed by atoms with E-state index in [2.05, 4.69) is 29.3 Å². The van der Waals surface area contributed by atoms with Gasteiger partial charge in [0.25, 0.3) is 0 Å². The topological polar surface area (TPSA) is 17.3 Å². The molecule has 1 saturated heterocycles. The molecule has 0 aromatic heterocycles. The molecule has 1 radical (unpaired) electrons. The molecule has 0 aromatic rings. The Morgan fingerprint density at radius 2 is 2.00 bits per heavy atom. The third-order valence-corrected chi connectivity index (χ3v) is 2.13. The molecule has 0 atom stereocenters. The SMILES string of the molecule is CCCC=CCN1CC[N]CC1. The van der Waals surface area contributed by atoms with Crippen LogP contribution in [0.15, 0.2) is 12.2 Å². The molecule has 0 unspecified atom stereocenters. The summed E-state index contributed by atoms with van der Waals surface area (Å²) in [7, 11) is 0. The summed E-state index contributed by atoms with van der Waals surface area (Å²) in [6.07, 6.45) is 7.05. The number of unbranched alkanes of at least 4 members (excludes halogenated alkanes) is 1. The molecular weight excluding hydrogens is 148 g/mol. The van der Waals surface area contributed by atoms with Gasteiger partial charge in [0.2, 0.25) is 0 Å². The van der Waals surface area contributed by atoms with Crippen molar-refractivity contribution in [3.05, 3.63) is 12.2 Å². The summed E-state index contributed by atoms with van der Waals surface area (Å²) in [6, 6.07) is 0. The Labute approximate surface area is 75.6 Å². The van der Waals surface area contributed by atoms with Crippen LogP contribution in [0.1, 0.15) is 19.8 Å². The number of rotatable bonds is 4. The second-order valence-electron chi connectivity index (χ2n) is 3.23. The van der Waals surface area contributed by atoms with Crippen LogP contribution in [0.2, 0.25) is 0 Å². The molecule has 1 fully saturated rings. The molecule has 2 nitrogen and oxygen atoms in total. The molecule has 0 amide bonds. The molecule has 69 valence electrons. The molecule has 1 rings (SSSR count). The van der Waals surface area contributed by atoms with Crippen molar-refractivity contribution in [1.29, 1.82) is 0 Å². The summed E-state index contributed by atoms with van der Waals surface area (Å²) in [6.45, 7) is 7.69. The smallest absolute Gasteiger partial charge is 0.0261 e. The first-order valence-corrected chi connectivity index (χ1v) is 4.94. The van der Waals surface area contributed by atoms with E-state index in [4.69, 9.17) is 0 Å². The maximum atomic E-state index is 4.31. The van der Waals surface area contributed by atoms with Crippen molar-refractivity contribution >= 4 is 0 Å². The van der Waals surface area contributed by atoms with Crippen LogP contribution in [0.3, 0.4) is 0 Å². The molecule has 1 aliphatic rings. The van der Waals surface area contributed by atoms with Crippen molar-refractivity contribution in [2.45, 2.75) is 19.8 Å². The van der Waals surface area contributed by atoms with Crippen LogP contribution < -0.4 is 5.32 Å². The second-order valence-corrected chi connectivity index (χ2v) is 3.23. The van der Waals surface area contributed by atoms with E-state index < -0.39 is 0 Å². The largest absolute Gasteiger partial charge is 0.297 e. The van der Waals surface area contributed by atoms with Gasteiger partial charge in [-0.05, 0) is 6.42 Å². The Morgan fingerprint density at radius 1 is 1.25 bits per heavy atom. The van der Waals surface area contributed by atoms with Gasteiger partial charge in [0.1, 0.15) is 0 Å². The molecule has 0 aliphatic carbocycles. The molecule has 0 N–H and O–H groups in total. The zero-order valence-corrected chi connectivity index (χ0v) is 8.00. The molecular formula is C10H19N2. The van der Waals surface area contributed by atoms with E-state index in [0.717, 1.165) is 32.7 Å². The van der Waals surface area contributed by atoms with Gasteiger partial charge in [-0.2, -0.15) is 0 Å². The quantitative estimate of drug-likeness (QED) is 0.576. The first-order valence-electron chi connectivity index (χ1n) is 4.94. The maximum absolute atomic E-state index is 4.31. The second kappa shape index (κ2) is 6.21. The lowest BCUT2D eigenvalue weighted by molar-refractivity contribution is 0.262. The lowest BCUT2D eigenvalue weighted by atomic mass is 10.3. The van der Waals surface area contributed by atoms with E-state index >= 15 is 0 Å². The molecule has 0 aromatic carbocycles. The molecule has 0 bridgehead atoms. The fourth-order valence-corrected chi connectivity index (χ4v) is 1.34. The van der Waals surface area contributed by atoms with Gasteiger partial charge in [0, 0.05) is 32.7 Å². The van der Waals surface area contributed by atoms with Gasteiger partial charge in [0.05, 0.1) is 0 Å².